The molecule has 26 heavy (non-hydrogen) atoms. The number of hydrogen-bond acceptors (Lipinski definition) is 3. The summed E-state index contributed by atoms with van der Waals surface area (Å²) in [6, 6.07) is 14.3. The summed E-state index contributed by atoms with van der Waals surface area (Å²) in [6.45, 7) is 7.13. The zero-order valence-corrected chi connectivity index (χ0v) is 15.9. The second-order valence-corrected chi connectivity index (χ2v) is 7.57. The highest BCUT2D eigenvalue weighted by Gasteiger charge is 2.27. The van der Waals surface area contributed by atoms with Crippen LogP contribution in [0.1, 0.15) is 56.4 Å². The Balaban J connectivity index is 1.56. The molecule has 1 fully saturated rings. The molecular formula is C22H30N2O2. The Morgan fingerprint density at radius 3 is 2.58 bits per heavy atom. The molecular weight excluding hydrogens is 324 g/mol. The number of amides is 1. The maximum absolute atomic E-state index is 12.5. The highest BCUT2D eigenvalue weighted by atomic mass is 16.3. The number of carbonyl (C=O) groups is 1. The van der Waals surface area contributed by atoms with Crippen molar-refractivity contribution >= 4 is 5.91 Å². The van der Waals surface area contributed by atoms with Crippen LogP contribution in [-0.4, -0.2) is 30.4 Å². The molecule has 2 heterocycles. The Kier molecular flexibility index (Phi) is 6.51. The number of likely N-dealkylation sites (tertiary alicyclic amines) is 1. The van der Waals surface area contributed by atoms with Gasteiger partial charge in [0.05, 0.1) is 12.3 Å². The topological polar surface area (TPSA) is 45.5 Å². The second kappa shape index (κ2) is 9.04. The molecule has 1 saturated heterocycles. The molecule has 2 unspecified atom stereocenters. The smallest absolute Gasteiger partial charge is 0.220 e. The molecule has 1 N–H and O–H groups in total. The van der Waals surface area contributed by atoms with E-state index in [9.17, 15) is 4.79 Å². The van der Waals surface area contributed by atoms with E-state index in [0.717, 1.165) is 24.8 Å². The predicted octanol–water partition coefficient (Wildman–Crippen LogP) is 4.36. The predicted molar refractivity (Wildman–Crippen MR) is 104 cm³/mol. The third-order valence-electron chi connectivity index (χ3n) is 5.48. The molecule has 2 atom stereocenters. The van der Waals surface area contributed by atoms with Gasteiger partial charge in [0, 0.05) is 13.0 Å². The Morgan fingerprint density at radius 2 is 1.92 bits per heavy atom. The Morgan fingerprint density at radius 1 is 1.19 bits per heavy atom. The van der Waals surface area contributed by atoms with Gasteiger partial charge in [0.15, 0.2) is 0 Å². The number of rotatable bonds is 7. The van der Waals surface area contributed by atoms with E-state index in [2.05, 4.69) is 36.2 Å². The second-order valence-electron chi connectivity index (χ2n) is 7.57. The molecule has 2 aromatic rings. The lowest BCUT2D eigenvalue weighted by molar-refractivity contribution is -0.121. The number of benzene rings is 1. The zero-order valence-electron chi connectivity index (χ0n) is 15.9. The Bertz CT molecular complexity index is 661. The maximum atomic E-state index is 12.5. The van der Waals surface area contributed by atoms with Crippen LogP contribution in [0.15, 0.2) is 53.1 Å². The van der Waals surface area contributed by atoms with E-state index in [1.165, 1.54) is 18.4 Å². The van der Waals surface area contributed by atoms with Crippen LogP contribution in [0.4, 0.5) is 0 Å². The number of furan rings is 1. The average Bonchev–Trinajstić information content (AvgIpc) is 3.18. The van der Waals surface area contributed by atoms with Crippen molar-refractivity contribution in [3.8, 4) is 0 Å². The van der Waals surface area contributed by atoms with Gasteiger partial charge in [-0.05, 0) is 55.5 Å². The fourth-order valence-corrected chi connectivity index (χ4v) is 3.69. The molecule has 1 aliphatic rings. The van der Waals surface area contributed by atoms with Gasteiger partial charge < -0.3 is 9.73 Å². The molecule has 3 rings (SSSR count). The Labute approximate surface area is 156 Å². The van der Waals surface area contributed by atoms with Crippen molar-refractivity contribution in [2.75, 3.05) is 19.6 Å². The molecule has 1 aromatic heterocycles. The van der Waals surface area contributed by atoms with Crippen LogP contribution in [0, 0.1) is 5.92 Å². The fourth-order valence-electron chi connectivity index (χ4n) is 3.69. The normalized spacial score (nSPS) is 18.4. The van der Waals surface area contributed by atoms with Crippen molar-refractivity contribution in [1.82, 2.24) is 10.2 Å². The molecule has 1 amide bonds. The van der Waals surface area contributed by atoms with Gasteiger partial charge in [0.2, 0.25) is 5.91 Å². The summed E-state index contributed by atoms with van der Waals surface area (Å²) in [5.41, 5.74) is 1.20. The van der Waals surface area contributed by atoms with Crippen LogP contribution in [0.3, 0.4) is 0 Å². The van der Waals surface area contributed by atoms with Crippen LogP contribution in [0.2, 0.25) is 0 Å². The molecule has 1 aliphatic heterocycles. The first-order valence-electron chi connectivity index (χ1n) is 9.72. The number of nitrogens with one attached hydrogen (secondary N) is 1. The summed E-state index contributed by atoms with van der Waals surface area (Å²) in [7, 11) is 0. The van der Waals surface area contributed by atoms with Crippen LogP contribution >= 0.6 is 0 Å². The molecule has 0 bridgehead atoms. The molecule has 140 valence electrons. The van der Waals surface area contributed by atoms with Gasteiger partial charge in [-0.2, -0.15) is 0 Å². The lowest BCUT2D eigenvalue weighted by atomic mass is 9.96. The van der Waals surface area contributed by atoms with Crippen LogP contribution in [-0.2, 0) is 4.79 Å². The summed E-state index contributed by atoms with van der Waals surface area (Å²) in [6.07, 6.45) is 4.63. The zero-order chi connectivity index (χ0) is 18.4. The van der Waals surface area contributed by atoms with E-state index in [1.54, 1.807) is 6.26 Å². The van der Waals surface area contributed by atoms with E-state index in [4.69, 9.17) is 4.42 Å². The van der Waals surface area contributed by atoms with E-state index in [1.807, 2.05) is 30.3 Å². The van der Waals surface area contributed by atoms with Crippen LogP contribution in [0.25, 0.3) is 0 Å². The van der Waals surface area contributed by atoms with Crippen molar-refractivity contribution in [2.45, 2.75) is 45.1 Å². The van der Waals surface area contributed by atoms with Gasteiger partial charge in [-0.3, -0.25) is 9.69 Å². The summed E-state index contributed by atoms with van der Waals surface area (Å²) in [4.78, 5) is 14.9. The standard InChI is InChI=1S/C22H30N2O2/c1-17-10-12-24(13-11-17)20(21-9-6-14-26-21)16-23-22(25)15-18(2)19-7-4-3-5-8-19/h3-9,14,17-18,20H,10-13,15-16H2,1-2H3,(H,23,25). The summed E-state index contributed by atoms with van der Waals surface area (Å²) in [5, 5.41) is 3.14. The van der Waals surface area contributed by atoms with Crippen molar-refractivity contribution in [3.05, 3.63) is 60.1 Å². The van der Waals surface area contributed by atoms with Gasteiger partial charge in [0.25, 0.3) is 0 Å². The lowest BCUT2D eigenvalue weighted by Crippen LogP contribution is -2.42. The molecule has 0 saturated carbocycles. The average molecular weight is 354 g/mol. The summed E-state index contributed by atoms with van der Waals surface area (Å²) in [5.74, 6) is 2.04. The third kappa shape index (κ3) is 4.98. The SMILES string of the molecule is CC1CCN(C(CNC(=O)CC(C)c2ccccc2)c2ccco2)CC1. The first-order valence-corrected chi connectivity index (χ1v) is 9.72. The maximum Gasteiger partial charge on any atom is 0.220 e. The number of hydrogen-bond donors (Lipinski definition) is 1. The van der Waals surface area contributed by atoms with E-state index in [0.29, 0.717) is 13.0 Å². The van der Waals surface area contributed by atoms with E-state index < -0.39 is 0 Å². The minimum Gasteiger partial charge on any atom is -0.468 e. The summed E-state index contributed by atoms with van der Waals surface area (Å²) >= 11 is 0. The first-order chi connectivity index (χ1) is 12.6. The van der Waals surface area contributed by atoms with Crippen molar-refractivity contribution in [2.24, 2.45) is 5.92 Å². The largest absolute Gasteiger partial charge is 0.468 e. The van der Waals surface area contributed by atoms with E-state index >= 15 is 0 Å². The summed E-state index contributed by atoms with van der Waals surface area (Å²) < 4.78 is 5.67. The fraction of sp³-hybridized carbons (Fsp3) is 0.500. The molecule has 1 aromatic carbocycles. The Hall–Kier alpha value is -2.07. The lowest BCUT2D eigenvalue weighted by Gasteiger charge is -2.35. The minimum absolute atomic E-state index is 0.100. The third-order valence-corrected chi connectivity index (χ3v) is 5.48. The van der Waals surface area contributed by atoms with Crippen LogP contribution in [0.5, 0.6) is 0 Å². The minimum atomic E-state index is 0.100. The van der Waals surface area contributed by atoms with Gasteiger partial charge in [-0.1, -0.05) is 44.2 Å². The monoisotopic (exact) mass is 354 g/mol. The molecule has 0 aliphatic carbocycles. The van der Waals surface area contributed by atoms with Gasteiger partial charge >= 0.3 is 0 Å². The molecule has 0 spiro atoms. The van der Waals surface area contributed by atoms with Crippen molar-refractivity contribution in [1.29, 1.82) is 0 Å². The first kappa shape index (κ1) is 18.7. The van der Waals surface area contributed by atoms with Crippen molar-refractivity contribution in [3.63, 3.8) is 0 Å². The highest BCUT2D eigenvalue weighted by Crippen LogP contribution is 2.27. The number of nitrogens with zero attached hydrogens (tertiary/aromatic N) is 1. The number of carbonyl (C=O) groups excluding carboxylic acids is 1. The van der Waals surface area contributed by atoms with E-state index in [-0.39, 0.29) is 17.9 Å². The highest BCUT2D eigenvalue weighted by molar-refractivity contribution is 5.76. The molecule has 0 radical (unpaired) electrons. The van der Waals surface area contributed by atoms with Crippen LogP contribution < -0.4 is 5.32 Å². The molecule has 4 heteroatoms. The molecule has 4 nitrogen and oxygen atoms in total. The van der Waals surface area contributed by atoms with Gasteiger partial charge in [-0.25, -0.2) is 0 Å². The van der Waals surface area contributed by atoms with Gasteiger partial charge in [0.1, 0.15) is 5.76 Å². The number of piperidine rings is 1. The quantitative estimate of drug-likeness (QED) is 0.803. The van der Waals surface area contributed by atoms with Gasteiger partial charge in [-0.15, -0.1) is 0 Å². The van der Waals surface area contributed by atoms with Crippen molar-refractivity contribution < 1.29 is 9.21 Å².